The van der Waals surface area contributed by atoms with E-state index in [2.05, 4.69) is 17.3 Å². The number of nitrogens with two attached hydrogens (primary N) is 1. The number of rotatable bonds is 8. The van der Waals surface area contributed by atoms with Crippen molar-refractivity contribution < 1.29 is 4.74 Å². The van der Waals surface area contributed by atoms with Crippen molar-refractivity contribution in [1.82, 2.24) is 4.98 Å². The Hall–Kier alpha value is -0.450. The van der Waals surface area contributed by atoms with E-state index in [1.54, 1.807) is 11.3 Å². The summed E-state index contributed by atoms with van der Waals surface area (Å²) in [6, 6.07) is 0.170. The van der Waals surface area contributed by atoms with Gasteiger partial charge in [-0.2, -0.15) is 0 Å². The molecule has 0 aliphatic carbocycles. The molecule has 0 fully saturated rings. The van der Waals surface area contributed by atoms with Gasteiger partial charge >= 0.3 is 0 Å². The van der Waals surface area contributed by atoms with Crippen LogP contribution in [0, 0.1) is 6.92 Å². The van der Waals surface area contributed by atoms with Crippen molar-refractivity contribution in [3.05, 3.63) is 16.1 Å². The van der Waals surface area contributed by atoms with Crippen LogP contribution < -0.4 is 5.73 Å². The van der Waals surface area contributed by atoms with Crippen LogP contribution in [0.4, 0.5) is 0 Å². The minimum atomic E-state index is 0.170. The highest BCUT2D eigenvalue weighted by Gasteiger charge is 2.06. The Morgan fingerprint density at radius 1 is 1.50 bits per heavy atom. The molecule has 0 bridgehead atoms. The molecule has 2 N–H and O–H groups in total. The third kappa shape index (κ3) is 5.58. The fraction of sp³-hybridized carbons (Fsp3) is 0.750. The van der Waals surface area contributed by atoms with E-state index in [9.17, 15) is 0 Å². The van der Waals surface area contributed by atoms with Crippen LogP contribution in [0.5, 0.6) is 0 Å². The lowest BCUT2D eigenvalue weighted by molar-refractivity contribution is 0.124. The van der Waals surface area contributed by atoms with Crippen LogP contribution in [0.2, 0.25) is 0 Å². The Balaban J connectivity index is 2.09. The third-order valence-electron chi connectivity index (χ3n) is 2.41. The van der Waals surface area contributed by atoms with Crippen LogP contribution in [0.15, 0.2) is 5.38 Å². The van der Waals surface area contributed by atoms with Gasteiger partial charge in [0, 0.05) is 31.1 Å². The first-order valence-electron chi connectivity index (χ1n) is 5.96. The average molecular weight is 242 g/mol. The smallest absolute Gasteiger partial charge is 0.0897 e. The summed E-state index contributed by atoms with van der Waals surface area (Å²) in [6.45, 7) is 5.82. The quantitative estimate of drug-likeness (QED) is 0.713. The molecule has 92 valence electrons. The molecule has 0 saturated heterocycles. The lowest BCUT2D eigenvalue weighted by Gasteiger charge is -2.10. The van der Waals surface area contributed by atoms with Crippen LogP contribution in [0.1, 0.15) is 36.9 Å². The Kier molecular flexibility index (Phi) is 6.61. The van der Waals surface area contributed by atoms with Crippen molar-refractivity contribution in [2.45, 2.75) is 45.6 Å². The summed E-state index contributed by atoms with van der Waals surface area (Å²) in [4.78, 5) is 4.41. The molecule has 0 radical (unpaired) electrons. The summed E-state index contributed by atoms with van der Waals surface area (Å²) in [7, 11) is 0. The maximum atomic E-state index is 6.01. The lowest BCUT2D eigenvalue weighted by Crippen LogP contribution is -2.24. The number of thiazole rings is 1. The number of unbranched alkanes of at least 4 members (excludes halogenated alkanes) is 1. The fourth-order valence-corrected chi connectivity index (χ4v) is 2.08. The second kappa shape index (κ2) is 7.76. The van der Waals surface area contributed by atoms with Gasteiger partial charge in [-0.3, -0.25) is 0 Å². The van der Waals surface area contributed by atoms with Crippen LogP contribution in [0.25, 0.3) is 0 Å². The standard InChI is InChI=1S/C12H22N2OS/c1-3-4-6-15-7-5-11(13)8-12-9-16-10(2)14-12/h9,11H,3-8,13H2,1-2H3. The van der Waals surface area contributed by atoms with Crippen molar-refractivity contribution in [2.24, 2.45) is 5.73 Å². The van der Waals surface area contributed by atoms with Crippen LogP contribution in [0.3, 0.4) is 0 Å². The zero-order valence-corrected chi connectivity index (χ0v) is 11.1. The molecule has 0 aliphatic heterocycles. The molecule has 0 saturated carbocycles. The zero-order valence-electron chi connectivity index (χ0n) is 10.2. The summed E-state index contributed by atoms with van der Waals surface area (Å²) in [5.41, 5.74) is 7.13. The molecule has 1 unspecified atom stereocenters. The molecule has 4 heteroatoms. The van der Waals surface area contributed by atoms with Gasteiger partial charge in [-0.15, -0.1) is 11.3 Å². The first-order chi connectivity index (χ1) is 7.72. The van der Waals surface area contributed by atoms with Crippen LogP contribution in [-0.2, 0) is 11.2 Å². The van der Waals surface area contributed by atoms with E-state index in [1.165, 1.54) is 6.42 Å². The summed E-state index contributed by atoms with van der Waals surface area (Å²) in [6.07, 6.45) is 4.10. The van der Waals surface area contributed by atoms with E-state index in [0.717, 1.165) is 43.2 Å². The topological polar surface area (TPSA) is 48.1 Å². The SMILES string of the molecule is CCCCOCCC(N)Cc1csc(C)n1. The monoisotopic (exact) mass is 242 g/mol. The summed E-state index contributed by atoms with van der Waals surface area (Å²) in [5, 5.41) is 3.20. The van der Waals surface area contributed by atoms with Crippen molar-refractivity contribution in [2.75, 3.05) is 13.2 Å². The minimum Gasteiger partial charge on any atom is -0.381 e. The normalized spacial score (nSPS) is 12.9. The van der Waals surface area contributed by atoms with Gasteiger partial charge in [0.05, 0.1) is 10.7 Å². The van der Waals surface area contributed by atoms with Gasteiger partial charge in [-0.1, -0.05) is 13.3 Å². The molecular weight excluding hydrogens is 220 g/mol. The molecule has 1 rings (SSSR count). The van der Waals surface area contributed by atoms with Crippen molar-refractivity contribution in [1.29, 1.82) is 0 Å². The predicted molar refractivity (Wildman–Crippen MR) is 68.9 cm³/mol. The minimum absolute atomic E-state index is 0.170. The molecule has 1 aromatic heterocycles. The van der Waals surface area contributed by atoms with Gasteiger partial charge in [0.25, 0.3) is 0 Å². The van der Waals surface area contributed by atoms with Gasteiger partial charge in [-0.25, -0.2) is 4.98 Å². The maximum Gasteiger partial charge on any atom is 0.0897 e. The Bertz CT molecular complexity index is 288. The summed E-state index contributed by atoms with van der Waals surface area (Å²) < 4.78 is 5.49. The number of hydrogen-bond donors (Lipinski definition) is 1. The van der Waals surface area contributed by atoms with Gasteiger partial charge < -0.3 is 10.5 Å². The molecule has 1 atom stereocenters. The van der Waals surface area contributed by atoms with E-state index in [0.29, 0.717) is 0 Å². The van der Waals surface area contributed by atoms with Crippen molar-refractivity contribution in [3.8, 4) is 0 Å². The van der Waals surface area contributed by atoms with Gasteiger partial charge in [-0.05, 0) is 19.8 Å². The number of aromatic nitrogens is 1. The Labute approximate surface area is 102 Å². The average Bonchev–Trinajstić information content (AvgIpc) is 2.63. The van der Waals surface area contributed by atoms with Crippen molar-refractivity contribution >= 4 is 11.3 Å². The maximum absolute atomic E-state index is 6.01. The third-order valence-corrected chi connectivity index (χ3v) is 3.24. The number of hydrogen-bond acceptors (Lipinski definition) is 4. The van der Waals surface area contributed by atoms with E-state index >= 15 is 0 Å². The second-order valence-corrected chi connectivity index (χ2v) is 5.14. The molecule has 0 aromatic carbocycles. The largest absolute Gasteiger partial charge is 0.381 e. The first-order valence-corrected chi connectivity index (χ1v) is 6.84. The number of nitrogens with zero attached hydrogens (tertiary/aromatic N) is 1. The van der Waals surface area contributed by atoms with E-state index in [1.807, 2.05) is 6.92 Å². The van der Waals surface area contributed by atoms with Gasteiger partial charge in [0.15, 0.2) is 0 Å². The highest BCUT2D eigenvalue weighted by atomic mass is 32.1. The molecule has 0 spiro atoms. The molecule has 3 nitrogen and oxygen atoms in total. The van der Waals surface area contributed by atoms with Gasteiger partial charge in [0.2, 0.25) is 0 Å². The van der Waals surface area contributed by atoms with E-state index < -0.39 is 0 Å². The first kappa shape index (κ1) is 13.6. The molecular formula is C12H22N2OS. The van der Waals surface area contributed by atoms with Crippen LogP contribution >= 0.6 is 11.3 Å². The zero-order chi connectivity index (χ0) is 11.8. The molecule has 1 heterocycles. The lowest BCUT2D eigenvalue weighted by atomic mass is 10.1. The highest BCUT2D eigenvalue weighted by molar-refractivity contribution is 7.09. The molecule has 0 aliphatic rings. The van der Waals surface area contributed by atoms with Gasteiger partial charge in [0.1, 0.15) is 0 Å². The molecule has 1 aromatic rings. The predicted octanol–water partition coefficient (Wildman–Crippen LogP) is 2.53. The number of ether oxygens (including phenoxy) is 1. The van der Waals surface area contributed by atoms with Crippen LogP contribution in [-0.4, -0.2) is 24.2 Å². The fourth-order valence-electron chi connectivity index (χ4n) is 1.46. The number of aryl methyl sites for hydroxylation is 1. The van der Waals surface area contributed by atoms with Crippen molar-refractivity contribution in [3.63, 3.8) is 0 Å². The molecule has 16 heavy (non-hydrogen) atoms. The van der Waals surface area contributed by atoms with E-state index in [4.69, 9.17) is 10.5 Å². The molecule has 0 amide bonds. The summed E-state index contributed by atoms with van der Waals surface area (Å²) >= 11 is 1.68. The van der Waals surface area contributed by atoms with E-state index in [-0.39, 0.29) is 6.04 Å². The summed E-state index contributed by atoms with van der Waals surface area (Å²) in [5.74, 6) is 0. The Morgan fingerprint density at radius 2 is 2.31 bits per heavy atom. The highest BCUT2D eigenvalue weighted by Crippen LogP contribution is 2.10. The Morgan fingerprint density at radius 3 is 2.94 bits per heavy atom. The second-order valence-electron chi connectivity index (χ2n) is 4.08.